The number of thiophene rings is 1. The maximum Gasteiger partial charge on any atom is 0.335 e. The van der Waals surface area contributed by atoms with E-state index in [1.165, 1.54) is 0 Å². The molecule has 5 nitrogen and oxygen atoms in total. The van der Waals surface area contributed by atoms with E-state index in [0.717, 1.165) is 26.7 Å². The molecule has 0 aliphatic heterocycles. The van der Waals surface area contributed by atoms with Gasteiger partial charge in [0.25, 0.3) is 0 Å². The van der Waals surface area contributed by atoms with Crippen molar-refractivity contribution in [2.75, 3.05) is 5.32 Å². The molecule has 3 aromatic rings. The van der Waals surface area contributed by atoms with Gasteiger partial charge in [-0.15, -0.1) is 17.9 Å². The summed E-state index contributed by atoms with van der Waals surface area (Å²) in [4.78, 5) is 22.6. The van der Waals surface area contributed by atoms with E-state index in [9.17, 15) is 4.79 Å². The van der Waals surface area contributed by atoms with Crippen molar-refractivity contribution in [3.63, 3.8) is 0 Å². The molecule has 0 saturated carbocycles. The third kappa shape index (κ3) is 4.35. The van der Waals surface area contributed by atoms with Crippen molar-refractivity contribution in [2.24, 2.45) is 0 Å². The average Bonchev–Trinajstić information content (AvgIpc) is 3.14. The van der Waals surface area contributed by atoms with Gasteiger partial charge in [-0.1, -0.05) is 12.2 Å². The molecule has 0 bridgehead atoms. The van der Waals surface area contributed by atoms with E-state index < -0.39 is 5.97 Å². The quantitative estimate of drug-likeness (QED) is 0.504. The van der Waals surface area contributed by atoms with E-state index in [2.05, 4.69) is 23.0 Å². The number of allylic oxidation sites excluding steroid dienone is 2. The Balaban J connectivity index is 2.00. The second kappa shape index (κ2) is 8.63. The van der Waals surface area contributed by atoms with Crippen LogP contribution in [0.25, 0.3) is 16.8 Å². The lowest BCUT2D eigenvalue weighted by atomic mass is 10.1. The first-order chi connectivity index (χ1) is 13.5. The van der Waals surface area contributed by atoms with Crippen LogP contribution in [-0.2, 0) is 6.42 Å². The van der Waals surface area contributed by atoms with Crippen molar-refractivity contribution in [3.8, 4) is 10.7 Å². The molecule has 2 N–H and O–H groups in total. The van der Waals surface area contributed by atoms with E-state index in [4.69, 9.17) is 10.1 Å². The van der Waals surface area contributed by atoms with Gasteiger partial charge in [-0.3, -0.25) is 0 Å². The lowest BCUT2D eigenvalue weighted by Gasteiger charge is -2.14. The van der Waals surface area contributed by atoms with Crippen molar-refractivity contribution < 1.29 is 9.90 Å². The lowest BCUT2D eigenvalue weighted by Crippen LogP contribution is -2.05. The van der Waals surface area contributed by atoms with E-state index in [0.29, 0.717) is 18.1 Å². The molecule has 0 radical (unpaired) electrons. The Morgan fingerprint density at radius 3 is 2.61 bits per heavy atom. The monoisotopic (exact) mass is 391 g/mol. The van der Waals surface area contributed by atoms with Crippen molar-refractivity contribution in [2.45, 2.75) is 20.3 Å². The number of aryl methyl sites for hydroxylation is 1. The zero-order valence-corrected chi connectivity index (χ0v) is 16.6. The van der Waals surface area contributed by atoms with Crippen LogP contribution < -0.4 is 5.32 Å². The summed E-state index contributed by atoms with van der Waals surface area (Å²) in [6.45, 7) is 7.78. The summed E-state index contributed by atoms with van der Waals surface area (Å²) in [5.41, 5.74) is 2.86. The Kier molecular flexibility index (Phi) is 6.01. The summed E-state index contributed by atoms with van der Waals surface area (Å²) >= 11 is 1.63. The Hall–Kier alpha value is -3.25. The molecule has 3 rings (SSSR count). The molecule has 6 heteroatoms. The van der Waals surface area contributed by atoms with Gasteiger partial charge in [-0.2, -0.15) is 0 Å². The van der Waals surface area contributed by atoms with Crippen LogP contribution in [0.15, 0.2) is 55.1 Å². The van der Waals surface area contributed by atoms with Crippen LogP contribution in [0.2, 0.25) is 0 Å². The fraction of sp³-hybridized carbons (Fsp3) is 0.136. The summed E-state index contributed by atoms with van der Waals surface area (Å²) in [6.07, 6.45) is 6.51. The number of benzene rings is 1. The second-order valence-corrected chi connectivity index (χ2v) is 7.28. The molecule has 0 amide bonds. The number of anilines is 2. The Labute approximate surface area is 168 Å². The van der Waals surface area contributed by atoms with E-state index in [1.807, 2.05) is 38.1 Å². The SMILES string of the molecule is C=CCc1c(C)nc(-c2ccc(/C=C\C)s2)nc1Nc1ccc(C(=O)O)cc1. The molecule has 2 aromatic heterocycles. The number of carboxylic acids is 1. The van der Waals surface area contributed by atoms with Crippen molar-refractivity contribution in [3.05, 3.63) is 76.8 Å². The van der Waals surface area contributed by atoms with Gasteiger partial charge in [0.1, 0.15) is 5.82 Å². The minimum Gasteiger partial charge on any atom is -0.478 e. The van der Waals surface area contributed by atoms with Gasteiger partial charge in [0.2, 0.25) is 0 Å². The molecule has 142 valence electrons. The second-order valence-electron chi connectivity index (χ2n) is 6.16. The van der Waals surface area contributed by atoms with Crippen molar-refractivity contribution in [1.82, 2.24) is 9.97 Å². The minimum atomic E-state index is -0.950. The van der Waals surface area contributed by atoms with Gasteiger partial charge < -0.3 is 10.4 Å². The van der Waals surface area contributed by atoms with Crippen LogP contribution in [0.3, 0.4) is 0 Å². The molecule has 2 heterocycles. The molecular weight excluding hydrogens is 370 g/mol. The van der Waals surface area contributed by atoms with Crippen LogP contribution in [0.4, 0.5) is 11.5 Å². The molecule has 0 atom stereocenters. The van der Waals surface area contributed by atoms with Gasteiger partial charge in [-0.25, -0.2) is 14.8 Å². The molecule has 0 fully saturated rings. The molecule has 1 aromatic carbocycles. The zero-order valence-electron chi connectivity index (χ0n) is 15.8. The Morgan fingerprint density at radius 1 is 1.21 bits per heavy atom. The highest BCUT2D eigenvalue weighted by atomic mass is 32.1. The molecule has 28 heavy (non-hydrogen) atoms. The average molecular weight is 391 g/mol. The third-order valence-corrected chi connectivity index (χ3v) is 5.18. The predicted molar refractivity (Wildman–Crippen MR) is 115 cm³/mol. The summed E-state index contributed by atoms with van der Waals surface area (Å²) in [6, 6.07) is 10.7. The van der Waals surface area contributed by atoms with Crippen LogP contribution in [0, 0.1) is 6.92 Å². The van der Waals surface area contributed by atoms with Gasteiger partial charge >= 0.3 is 5.97 Å². The van der Waals surface area contributed by atoms with Crippen LogP contribution in [-0.4, -0.2) is 21.0 Å². The lowest BCUT2D eigenvalue weighted by molar-refractivity contribution is 0.0697. The Morgan fingerprint density at radius 2 is 1.96 bits per heavy atom. The number of carbonyl (C=O) groups is 1. The van der Waals surface area contributed by atoms with Crippen molar-refractivity contribution in [1.29, 1.82) is 0 Å². The fourth-order valence-corrected chi connectivity index (χ4v) is 3.67. The largest absolute Gasteiger partial charge is 0.478 e. The summed E-state index contributed by atoms with van der Waals surface area (Å²) < 4.78 is 0. The number of hydrogen-bond acceptors (Lipinski definition) is 5. The molecule has 0 aliphatic rings. The number of nitrogens with one attached hydrogen (secondary N) is 1. The van der Waals surface area contributed by atoms with E-state index in [-0.39, 0.29) is 5.56 Å². The van der Waals surface area contributed by atoms with Crippen LogP contribution >= 0.6 is 11.3 Å². The maximum atomic E-state index is 11.0. The number of carboxylic acid groups (broad SMARTS) is 1. The summed E-state index contributed by atoms with van der Waals surface area (Å²) in [5.74, 6) is 0.413. The summed E-state index contributed by atoms with van der Waals surface area (Å²) in [5, 5.41) is 12.4. The highest BCUT2D eigenvalue weighted by molar-refractivity contribution is 7.16. The first-order valence-electron chi connectivity index (χ1n) is 8.83. The summed E-state index contributed by atoms with van der Waals surface area (Å²) in [7, 11) is 0. The first-order valence-corrected chi connectivity index (χ1v) is 9.65. The first kappa shape index (κ1) is 19.5. The van der Waals surface area contributed by atoms with E-state index in [1.54, 1.807) is 35.6 Å². The highest BCUT2D eigenvalue weighted by Crippen LogP contribution is 2.30. The van der Waals surface area contributed by atoms with Gasteiger partial charge in [-0.05, 0) is 62.7 Å². The van der Waals surface area contributed by atoms with Crippen LogP contribution in [0.5, 0.6) is 0 Å². The molecule has 0 aliphatic carbocycles. The molecule has 0 spiro atoms. The van der Waals surface area contributed by atoms with E-state index >= 15 is 0 Å². The molecular formula is C22H21N3O2S. The minimum absolute atomic E-state index is 0.242. The zero-order chi connectivity index (χ0) is 20.1. The number of aromatic nitrogens is 2. The van der Waals surface area contributed by atoms with Crippen LogP contribution in [0.1, 0.15) is 33.4 Å². The molecule has 0 saturated heterocycles. The molecule has 0 unspecified atom stereocenters. The van der Waals surface area contributed by atoms with Gasteiger partial charge in [0.05, 0.1) is 10.4 Å². The highest BCUT2D eigenvalue weighted by Gasteiger charge is 2.14. The Bertz CT molecular complexity index is 1040. The maximum absolute atomic E-state index is 11.0. The number of rotatable bonds is 7. The normalized spacial score (nSPS) is 10.9. The topological polar surface area (TPSA) is 75.1 Å². The smallest absolute Gasteiger partial charge is 0.335 e. The number of aromatic carboxylic acids is 1. The van der Waals surface area contributed by atoms with Gasteiger partial charge in [0.15, 0.2) is 5.82 Å². The predicted octanol–water partition coefficient (Wildman–Crippen LogP) is 5.72. The third-order valence-electron chi connectivity index (χ3n) is 4.14. The fourth-order valence-electron chi connectivity index (χ4n) is 2.76. The number of nitrogens with zero attached hydrogens (tertiary/aromatic N) is 2. The number of hydrogen-bond donors (Lipinski definition) is 2. The van der Waals surface area contributed by atoms with Crippen molar-refractivity contribution >= 4 is 34.9 Å². The standard InChI is InChI=1S/C22H21N3O2S/c1-4-6-17-12-13-19(28-17)21-23-14(3)18(7-5-2)20(25-21)24-16-10-8-15(9-11-16)22(26)27/h4-6,8-13H,2,7H2,1,3H3,(H,26,27)(H,23,24,25)/b6-4-. The van der Waals surface area contributed by atoms with Gasteiger partial charge in [0, 0.05) is 21.8 Å².